The number of halogens is 2. The number of hydrogen-bond acceptors (Lipinski definition) is 3. The third kappa shape index (κ3) is 2.82. The van der Waals surface area contributed by atoms with Crippen LogP contribution in [0.2, 0.25) is 0 Å². The van der Waals surface area contributed by atoms with Crippen molar-refractivity contribution in [2.45, 2.75) is 12.5 Å². The number of carbonyl (C=O) groups is 1. The highest BCUT2D eigenvalue weighted by Crippen LogP contribution is 2.27. The molecule has 0 aliphatic heterocycles. The predicted octanol–water partition coefficient (Wildman–Crippen LogP) is 1.76. The predicted molar refractivity (Wildman–Crippen MR) is 53.4 cm³/mol. The van der Waals surface area contributed by atoms with E-state index < -0.39 is 12.0 Å². The van der Waals surface area contributed by atoms with Gasteiger partial charge in [-0.3, -0.25) is 4.79 Å². The van der Waals surface area contributed by atoms with E-state index >= 15 is 0 Å². The van der Waals surface area contributed by atoms with Gasteiger partial charge in [0.2, 0.25) is 0 Å². The molecule has 1 atom stereocenters. The fourth-order valence-electron chi connectivity index (χ4n) is 0.796. The molecule has 0 aromatic carbocycles. The van der Waals surface area contributed by atoms with Gasteiger partial charge in [0.15, 0.2) is 4.67 Å². The summed E-state index contributed by atoms with van der Waals surface area (Å²) in [5.74, 6) is -0.503. The van der Waals surface area contributed by atoms with Gasteiger partial charge in [0.25, 0.3) is 0 Å². The van der Waals surface area contributed by atoms with Crippen molar-refractivity contribution in [3.8, 4) is 0 Å². The van der Waals surface area contributed by atoms with Gasteiger partial charge in [0.05, 0.1) is 4.47 Å². The molecule has 13 heavy (non-hydrogen) atoms. The maximum Gasteiger partial charge on any atom is 0.320 e. The van der Waals surface area contributed by atoms with E-state index in [1.807, 2.05) is 0 Å². The minimum Gasteiger partial charge on any atom is -0.480 e. The lowest BCUT2D eigenvalue weighted by atomic mass is 10.2. The Labute approximate surface area is 91.4 Å². The zero-order valence-corrected chi connectivity index (χ0v) is 9.63. The summed E-state index contributed by atoms with van der Waals surface area (Å²) in [7, 11) is 0. The van der Waals surface area contributed by atoms with Gasteiger partial charge in [-0.2, -0.15) is 0 Å². The lowest BCUT2D eigenvalue weighted by Crippen LogP contribution is -2.32. The number of carboxylic acid groups (broad SMARTS) is 1. The van der Waals surface area contributed by atoms with Crippen molar-refractivity contribution in [1.82, 2.24) is 0 Å². The van der Waals surface area contributed by atoms with Gasteiger partial charge in [-0.15, -0.1) is 0 Å². The van der Waals surface area contributed by atoms with Crippen molar-refractivity contribution >= 4 is 37.8 Å². The minimum absolute atomic E-state index is 0.180. The van der Waals surface area contributed by atoms with Crippen LogP contribution in [0.5, 0.6) is 0 Å². The lowest BCUT2D eigenvalue weighted by Gasteiger charge is -2.01. The van der Waals surface area contributed by atoms with E-state index in [1.54, 1.807) is 6.07 Å². The Balaban J connectivity index is 2.69. The van der Waals surface area contributed by atoms with Gasteiger partial charge in [0.1, 0.15) is 11.8 Å². The Morgan fingerprint density at radius 3 is 2.69 bits per heavy atom. The van der Waals surface area contributed by atoms with Crippen LogP contribution in [0.4, 0.5) is 0 Å². The van der Waals surface area contributed by atoms with Crippen molar-refractivity contribution in [3.05, 3.63) is 21.0 Å². The summed E-state index contributed by atoms with van der Waals surface area (Å²) in [5.41, 5.74) is 5.32. The second kappa shape index (κ2) is 4.26. The maximum atomic E-state index is 10.4. The molecule has 0 radical (unpaired) electrons. The fourth-order valence-corrected chi connectivity index (χ4v) is 1.45. The van der Waals surface area contributed by atoms with Crippen LogP contribution in [0.3, 0.4) is 0 Å². The van der Waals surface area contributed by atoms with Crippen molar-refractivity contribution < 1.29 is 14.3 Å². The van der Waals surface area contributed by atoms with Crippen molar-refractivity contribution in [2.24, 2.45) is 5.73 Å². The summed E-state index contributed by atoms with van der Waals surface area (Å²) in [4.78, 5) is 10.4. The third-order valence-corrected chi connectivity index (χ3v) is 3.14. The van der Waals surface area contributed by atoms with Crippen molar-refractivity contribution in [1.29, 1.82) is 0 Å². The first kappa shape index (κ1) is 10.7. The molecule has 0 amide bonds. The van der Waals surface area contributed by atoms with Gasteiger partial charge >= 0.3 is 5.97 Å². The zero-order valence-electron chi connectivity index (χ0n) is 6.46. The summed E-state index contributed by atoms with van der Waals surface area (Å²) in [6, 6.07) is 0.761. The van der Waals surface area contributed by atoms with E-state index in [0.717, 1.165) is 4.47 Å². The molecule has 6 heteroatoms. The van der Waals surface area contributed by atoms with Crippen LogP contribution in [-0.2, 0) is 11.2 Å². The second-order valence-corrected chi connectivity index (χ2v) is 4.06. The Hall–Kier alpha value is -0.330. The first-order valence-electron chi connectivity index (χ1n) is 3.43. The van der Waals surface area contributed by atoms with E-state index in [4.69, 9.17) is 15.3 Å². The van der Waals surface area contributed by atoms with Gasteiger partial charge in [-0.25, -0.2) is 0 Å². The fraction of sp³-hybridized carbons (Fsp3) is 0.286. The van der Waals surface area contributed by atoms with E-state index in [0.29, 0.717) is 10.4 Å². The molecule has 1 rings (SSSR count). The van der Waals surface area contributed by atoms with Crippen LogP contribution in [0.25, 0.3) is 0 Å². The summed E-state index contributed by atoms with van der Waals surface area (Å²) < 4.78 is 6.45. The second-order valence-electron chi connectivity index (χ2n) is 2.48. The highest BCUT2D eigenvalue weighted by molar-refractivity contribution is 9.13. The van der Waals surface area contributed by atoms with Crippen LogP contribution in [0.1, 0.15) is 5.76 Å². The molecule has 4 nitrogen and oxygen atoms in total. The van der Waals surface area contributed by atoms with Crippen molar-refractivity contribution in [2.75, 3.05) is 0 Å². The molecule has 1 heterocycles. The molecule has 0 aliphatic rings. The van der Waals surface area contributed by atoms with Gasteiger partial charge in [-0.1, -0.05) is 0 Å². The number of carboxylic acids is 1. The Morgan fingerprint density at radius 2 is 2.31 bits per heavy atom. The zero-order chi connectivity index (χ0) is 10.0. The van der Waals surface area contributed by atoms with Crippen LogP contribution in [0.15, 0.2) is 19.6 Å². The third-order valence-electron chi connectivity index (χ3n) is 1.43. The highest BCUT2D eigenvalue weighted by Gasteiger charge is 2.15. The SMILES string of the molecule is N[C@H](Cc1cc(Br)c(Br)o1)C(=O)O. The molecule has 72 valence electrons. The molecular formula is C7H7Br2NO3. The van der Waals surface area contributed by atoms with Crippen molar-refractivity contribution in [3.63, 3.8) is 0 Å². The number of furan rings is 1. The molecule has 0 unspecified atom stereocenters. The molecule has 1 aromatic rings. The molecule has 0 saturated carbocycles. The monoisotopic (exact) mass is 311 g/mol. The summed E-state index contributed by atoms with van der Waals surface area (Å²) in [5, 5.41) is 8.53. The first-order valence-corrected chi connectivity index (χ1v) is 5.01. The van der Waals surface area contributed by atoms with E-state index in [1.165, 1.54) is 0 Å². The van der Waals surface area contributed by atoms with Crippen LogP contribution >= 0.6 is 31.9 Å². The number of hydrogen-bond donors (Lipinski definition) is 2. The largest absolute Gasteiger partial charge is 0.480 e. The smallest absolute Gasteiger partial charge is 0.320 e. The normalized spacial score (nSPS) is 12.8. The molecule has 3 N–H and O–H groups in total. The minimum atomic E-state index is -1.04. The number of aliphatic carboxylic acids is 1. The lowest BCUT2D eigenvalue weighted by molar-refractivity contribution is -0.138. The summed E-state index contributed by atoms with van der Waals surface area (Å²) >= 11 is 6.36. The highest BCUT2D eigenvalue weighted by atomic mass is 79.9. The van der Waals surface area contributed by atoms with Gasteiger partial charge < -0.3 is 15.3 Å². The quantitative estimate of drug-likeness (QED) is 0.891. The molecule has 0 aliphatic carbocycles. The van der Waals surface area contributed by atoms with Crippen LogP contribution in [-0.4, -0.2) is 17.1 Å². The standard InChI is InChI=1S/C7H7Br2NO3/c8-4-1-3(13-6(4)9)2-5(10)7(11)12/h1,5H,2,10H2,(H,11,12)/t5-/m1/s1. The molecule has 1 aromatic heterocycles. The van der Waals surface area contributed by atoms with E-state index in [-0.39, 0.29) is 6.42 Å². The maximum absolute atomic E-state index is 10.4. The van der Waals surface area contributed by atoms with Gasteiger partial charge in [0, 0.05) is 6.42 Å². The Morgan fingerprint density at radius 1 is 1.69 bits per heavy atom. The average molecular weight is 313 g/mol. The number of rotatable bonds is 3. The van der Waals surface area contributed by atoms with Crippen LogP contribution in [0, 0.1) is 0 Å². The molecular weight excluding hydrogens is 306 g/mol. The first-order chi connectivity index (χ1) is 6.00. The Kier molecular flexibility index (Phi) is 3.52. The summed E-state index contributed by atoms with van der Waals surface area (Å²) in [6.07, 6.45) is 0.180. The Bertz CT molecular complexity index is 304. The average Bonchev–Trinajstić information content (AvgIpc) is 2.31. The van der Waals surface area contributed by atoms with Gasteiger partial charge in [-0.05, 0) is 37.9 Å². The van der Waals surface area contributed by atoms with Crippen LogP contribution < -0.4 is 5.73 Å². The summed E-state index contributed by atoms with van der Waals surface area (Å²) in [6.45, 7) is 0. The number of nitrogens with two attached hydrogens (primary N) is 1. The molecule has 0 fully saturated rings. The van der Waals surface area contributed by atoms with E-state index in [2.05, 4.69) is 31.9 Å². The molecule has 0 bridgehead atoms. The topological polar surface area (TPSA) is 76.5 Å². The molecule has 0 spiro atoms. The molecule has 0 saturated heterocycles. The van der Waals surface area contributed by atoms with E-state index in [9.17, 15) is 4.79 Å².